The van der Waals surface area contributed by atoms with E-state index in [1.54, 1.807) is 28.9 Å². The summed E-state index contributed by atoms with van der Waals surface area (Å²) in [6, 6.07) is 8.76. The molecule has 3 aliphatic heterocycles. The Kier molecular flexibility index (Phi) is 11.2. The highest BCUT2D eigenvalue weighted by molar-refractivity contribution is 5.98. The van der Waals surface area contributed by atoms with Crippen LogP contribution >= 0.6 is 0 Å². The maximum absolute atomic E-state index is 14.4. The minimum atomic E-state index is -1.13. The SMILES string of the molecule is C=CCCC(=O)NC[C@@H](C)OC(=O)[C@@H]1[C@@H]2CC[C@]3(O2)[C@H](C(=O)N(CC=C)Cc2ccccc2)N(CCCCCO)C(=O)[C@@H]13. The zero-order valence-electron chi connectivity index (χ0n) is 25.1. The maximum atomic E-state index is 14.4. The molecule has 3 aliphatic rings. The summed E-state index contributed by atoms with van der Waals surface area (Å²) in [5, 5.41) is 12.0. The molecule has 3 fully saturated rings. The van der Waals surface area contributed by atoms with Crippen LogP contribution in [0, 0.1) is 11.8 Å². The van der Waals surface area contributed by atoms with Gasteiger partial charge in [-0.3, -0.25) is 19.2 Å². The molecule has 3 amide bonds. The molecule has 10 heteroatoms. The number of carbonyl (C=O) groups excluding carboxylic acids is 4. The fourth-order valence-electron chi connectivity index (χ4n) is 6.77. The second kappa shape index (κ2) is 14.8. The molecule has 3 saturated heterocycles. The summed E-state index contributed by atoms with van der Waals surface area (Å²) in [6.07, 6.45) is 6.00. The third-order valence-corrected chi connectivity index (χ3v) is 8.72. The van der Waals surface area contributed by atoms with Crippen LogP contribution in [0.5, 0.6) is 0 Å². The maximum Gasteiger partial charge on any atom is 0.312 e. The zero-order chi connectivity index (χ0) is 31.0. The molecule has 0 saturated carbocycles. The smallest absolute Gasteiger partial charge is 0.312 e. The number of ether oxygens (including phenoxy) is 2. The molecule has 3 heterocycles. The number of fused-ring (bicyclic) bond motifs is 1. The van der Waals surface area contributed by atoms with Crippen LogP contribution in [0.1, 0.15) is 57.4 Å². The number of nitrogens with zero attached hydrogens (tertiary/aromatic N) is 2. The Bertz CT molecular complexity index is 1170. The van der Waals surface area contributed by atoms with E-state index in [9.17, 15) is 24.3 Å². The Balaban J connectivity index is 1.56. The number of allylic oxidation sites excluding steroid dienone is 1. The molecule has 2 N–H and O–H groups in total. The van der Waals surface area contributed by atoms with Gasteiger partial charge in [0, 0.05) is 32.7 Å². The van der Waals surface area contributed by atoms with Gasteiger partial charge in [-0.25, -0.2) is 0 Å². The topological polar surface area (TPSA) is 125 Å². The molecule has 1 aromatic carbocycles. The van der Waals surface area contributed by atoms with Gasteiger partial charge in [0.25, 0.3) is 0 Å². The van der Waals surface area contributed by atoms with Crippen molar-refractivity contribution < 1.29 is 33.8 Å². The lowest BCUT2D eigenvalue weighted by molar-refractivity contribution is -0.159. The summed E-state index contributed by atoms with van der Waals surface area (Å²) in [5.41, 5.74) is -0.174. The summed E-state index contributed by atoms with van der Waals surface area (Å²) in [6.45, 7) is 10.3. The minimum Gasteiger partial charge on any atom is -0.460 e. The molecule has 0 unspecified atom stereocenters. The van der Waals surface area contributed by atoms with Gasteiger partial charge in [-0.05, 0) is 51.0 Å². The number of benzene rings is 1. The zero-order valence-corrected chi connectivity index (χ0v) is 25.1. The number of aliphatic hydroxyl groups is 1. The van der Waals surface area contributed by atoms with Gasteiger partial charge in [0.05, 0.1) is 24.5 Å². The predicted octanol–water partition coefficient (Wildman–Crippen LogP) is 2.75. The molecule has 0 radical (unpaired) electrons. The molecule has 43 heavy (non-hydrogen) atoms. The quantitative estimate of drug-likeness (QED) is 0.161. The second-order valence-electron chi connectivity index (χ2n) is 11.7. The summed E-state index contributed by atoms with van der Waals surface area (Å²) in [7, 11) is 0. The first-order valence-corrected chi connectivity index (χ1v) is 15.4. The van der Waals surface area contributed by atoms with Crippen molar-refractivity contribution in [2.45, 2.75) is 82.3 Å². The lowest BCUT2D eigenvalue weighted by atomic mass is 9.70. The van der Waals surface area contributed by atoms with Gasteiger partial charge >= 0.3 is 5.97 Å². The Morgan fingerprint density at radius 2 is 1.98 bits per heavy atom. The first-order chi connectivity index (χ1) is 20.8. The Morgan fingerprint density at radius 1 is 1.21 bits per heavy atom. The molecule has 6 atom stereocenters. The average molecular weight is 596 g/mol. The molecule has 1 aromatic rings. The van der Waals surface area contributed by atoms with Crippen LogP contribution in [0.15, 0.2) is 55.6 Å². The minimum absolute atomic E-state index is 0.0542. The third-order valence-electron chi connectivity index (χ3n) is 8.72. The van der Waals surface area contributed by atoms with Crippen molar-refractivity contribution in [1.29, 1.82) is 0 Å². The fourth-order valence-corrected chi connectivity index (χ4v) is 6.77. The molecular formula is C33H45N3O7. The van der Waals surface area contributed by atoms with E-state index >= 15 is 0 Å². The van der Waals surface area contributed by atoms with E-state index < -0.39 is 41.7 Å². The van der Waals surface area contributed by atoms with Gasteiger partial charge in [0.15, 0.2) is 0 Å². The molecule has 1 spiro atoms. The van der Waals surface area contributed by atoms with E-state index in [1.165, 1.54) is 0 Å². The van der Waals surface area contributed by atoms with Gasteiger partial charge < -0.3 is 29.7 Å². The van der Waals surface area contributed by atoms with Crippen molar-refractivity contribution in [3.8, 4) is 0 Å². The van der Waals surface area contributed by atoms with Crippen molar-refractivity contribution in [3.05, 3.63) is 61.2 Å². The summed E-state index contributed by atoms with van der Waals surface area (Å²) in [4.78, 5) is 57.4. The van der Waals surface area contributed by atoms with Crippen molar-refractivity contribution in [3.63, 3.8) is 0 Å². The number of carbonyl (C=O) groups is 4. The fraction of sp³-hybridized carbons (Fsp3) is 0.576. The van der Waals surface area contributed by atoms with E-state index in [2.05, 4.69) is 18.5 Å². The number of aliphatic hydroxyl groups excluding tert-OH is 1. The number of likely N-dealkylation sites (tertiary alicyclic amines) is 1. The Labute approximate surface area is 254 Å². The van der Waals surface area contributed by atoms with Crippen LogP contribution in [0.25, 0.3) is 0 Å². The van der Waals surface area contributed by atoms with E-state index in [0.717, 1.165) is 5.56 Å². The molecule has 0 aromatic heterocycles. The molecule has 10 nitrogen and oxygen atoms in total. The molecule has 0 aliphatic carbocycles. The average Bonchev–Trinajstić information content (AvgIpc) is 3.64. The van der Waals surface area contributed by atoms with Gasteiger partial charge in [0.2, 0.25) is 17.7 Å². The van der Waals surface area contributed by atoms with Crippen LogP contribution in [0.3, 0.4) is 0 Å². The van der Waals surface area contributed by atoms with E-state index in [4.69, 9.17) is 9.47 Å². The monoisotopic (exact) mass is 595 g/mol. The summed E-state index contributed by atoms with van der Waals surface area (Å²) < 4.78 is 12.3. The predicted molar refractivity (Wildman–Crippen MR) is 160 cm³/mol. The van der Waals surface area contributed by atoms with Crippen molar-refractivity contribution in [2.24, 2.45) is 11.8 Å². The van der Waals surface area contributed by atoms with Crippen LogP contribution in [-0.2, 0) is 35.2 Å². The number of rotatable bonds is 17. The lowest BCUT2D eigenvalue weighted by Crippen LogP contribution is -2.56. The highest BCUT2D eigenvalue weighted by Crippen LogP contribution is 2.59. The Morgan fingerprint density at radius 3 is 2.67 bits per heavy atom. The van der Waals surface area contributed by atoms with Crippen molar-refractivity contribution in [1.82, 2.24) is 15.1 Å². The number of hydrogen-bond acceptors (Lipinski definition) is 7. The standard InChI is InChI=1S/C33H45N3O7/c1-4-6-15-26(38)34-21-23(3)42-32(41)27-25-16-17-33(43-25)28(27)30(39)36(19-11-8-12-20-37)29(33)31(40)35(18-5-2)22-24-13-9-7-10-14-24/h4-5,7,9-10,13-14,23,25,27-29,37H,1-2,6,8,11-12,15-22H2,3H3,(H,34,38)/t23-,25+,27-,28-,29+,33-/m1/s1. The number of hydrogen-bond donors (Lipinski definition) is 2. The largest absolute Gasteiger partial charge is 0.460 e. The van der Waals surface area contributed by atoms with E-state index in [1.807, 2.05) is 30.3 Å². The lowest BCUT2D eigenvalue weighted by Gasteiger charge is -2.37. The second-order valence-corrected chi connectivity index (χ2v) is 11.7. The normalized spacial score (nSPS) is 26.1. The van der Waals surface area contributed by atoms with Crippen LogP contribution in [0.4, 0.5) is 0 Å². The Hall–Kier alpha value is -3.50. The molecule has 234 valence electrons. The van der Waals surface area contributed by atoms with Gasteiger partial charge in [-0.1, -0.05) is 42.5 Å². The van der Waals surface area contributed by atoms with Crippen LogP contribution < -0.4 is 5.32 Å². The highest BCUT2D eigenvalue weighted by Gasteiger charge is 2.75. The summed E-state index contributed by atoms with van der Waals surface area (Å²) >= 11 is 0. The number of unbranched alkanes of at least 4 members (excludes halogenated alkanes) is 2. The third kappa shape index (κ3) is 7.02. The number of nitrogens with one attached hydrogen (secondary N) is 1. The number of esters is 1. The van der Waals surface area contributed by atoms with Gasteiger partial charge in [0.1, 0.15) is 17.7 Å². The first kappa shape index (κ1) is 32.4. The van der Waals surface area contributed by atoms with Gasteiger partial charge in [-0.2, -0.15) is 0 Å². The first-order valence-electron chi connectivity index (χ1n) is 15.4. The van der Waals surface area contributed by atoms with Crippen molar-refractivity contribution in [2.75, 3.05) is 26.2 Å². The van der Waals surface area contributed by atoms with Crippen molar-refractivity contribution >= 4 is 23.7 Å². The van der Waals surface area contributed by atoms with Crippen LogP contribution in [-0.4, -0.2) is 88.7 Å². The highest BCUT2D eigenvalue weighted by atomic mass is 16.6. The molecule has 4 rings (SSSR count). The summed E-state index contributed by atoms with van der Waals surface area (Å²) in [5.74, 6) is -2.86. The number of amides is 3. The molecule has 2 bridgehead atoms. The molecular weight excluding hydrogens is 550 g/mol. The van der Waals surface area contributed by atoms with E-state index in [0.29, 0.717) is 64.6 Å². The van der Waals surface area contributed by atoms with Crippen LogP contribution in [0.2, 0.25) is 0 Å². The van der Waals surface area contributed by atoms with Gasteiger partial charge in [-0.15, -0.1) is 13.2 Å². The van der Waals surface area contributed by atoms with E-state index in [-0.39, 0.29) is 30.9 Å².